The number of amides is 1. The van der Waals surface area contributed by atoms with E-state index in [4.69, 9.17) is 29.6 Å². The molecule has 1 rings (SSSR count). The molecule has 1 amide bonds. The first-order chi connectivity index (χ1) is 8.32. The number of benzene rings is 1. The lowest BCUT2D eigenvalue weighted by Crippen LogP contribution is -2.37. The van der Waals surface area contributed by atoms with E-state index in [0.29, 0.717) is 11.4 Å². The van der Waals surface area contributed by atoms with E-state index in [1.54, 1.807) is 7.05 Å². The highest BCUT2D eigenvalue weighted by molar-refractivity contribution is 7.80. The standard InChI is InChI=1S/C12H14ClFN2OS/c1-7(5-11(15)18)16(2)12(17)8-3-4-9(13)10(14)6-8/h3-4,6-7H,5H2,1-2H3,(H2,15,18). The molecule has 1 aromatic carbocycles. The molecule has 1 aromatic rings. The van der Waals surface area contributed by atoms with Crippen LogP contribution >= 0.6 is 23.8 Å². The Bertz CT molecular complexity index is 481. The molecule has 0 aliphatic rings. The zero-order chi connectivity index (χ0) is 13.9. The van der Waals surface area contributed by atoms with Crippen molar-refractivity contribution in [2.45, 2.75) is 19.4 Å². The van der Waals surface area contributed by atoms with E-state index in [0.717, 1.165) is 6.07 Å². The normalized spacial score (nSPS) is 12.0. The van der Waals surface area contributed by atoms with E-state index in [-0.39, 0.29) is 22.5 Å². The Morgan fingerprint density at radius 1 is 1.61 bits per heavy atom. The van der Waals surface area contributed by atoms with Gasteiger partial charge in [-0.25, -0.2) is 4.39 Å². The van der Waals surface area contributed by atoms with Crippen LogP contribution in [0, 0.1) is 5.82 Å². The first-order valence-electron chi connectivity index (χ1n) is 5.33. The molecule has 0 saturated carbocycles. The lowest BCUT2D eigenvalue weighted by molar-refractivity contribution is 0.0747. The maximum absolute atomic E-state index is 13.3. The van der Waals surface area contributed by atoms with Gasteiger partial charge in [0.25, 0.3) is 5.91 Å². The highest BCUT2D eigenvalue weighted by Gasteiger charge is 2.18. The zero-order valence-corrected chi connectivity index (χ0v) is 11.7. The molecule has 1 unspecified atom stereocenters. The minimum Gasteiger partial charge on any atom is -0.393 e. The van der Waals surface area contributed by atoms with Crippen molar-refractivity contribution in [2.24, 2.45) is 5.73 Å². The molecule has 2 N–H and O–H groups in total. The number of carbonyl (C=O) groups is 1. The van der Waals surface area contributed by atoms with E-state index >= 15 is 0 Å². The summed E-state index contributed by atoms with van der Waals surface area (Å²) in [5, 5.41) is -0.00890. The molecule has 18 heavy (non-hydrogen) atoms. The summed E-state index contributed by atoms with van der Waals surface area (Å²) < 4.78 is 13.3. The van der Waals surface area contributed by atoms with E-state index in [1.807, 2.05) is 6.92 Å². The number of nitrogens with two attached hydrogens (primary N) is 1. The van der Waals surface area contributed by atoms with Crippen LogP contribution in [0.15, 0.2) is 18.2 Å². The summed E-state index contributed by atoms with van der Waals surface area (Å²) in [5.41, 5.74) is 5.67. The third-order valence-electron chi connectivity index (χ3n) is 2.64. The SMILES string of the molecule is CC(CC(N)=S)N(C)C(=O)c1ccc(Cl)c(F)c1. The van der Waals surface area contributed by atoms with Crippen LogP contribution in [0.2, 0.25) is 5.02 Å². The van der Waals surface area contributed by atoms with Crippen molar-refractivity contribution >= 4 is 34.7 Å². The largest absolute Gasteiger partial charge is 0.393 e. The molecule has 0 fully saturated rings. The van der Waals surface area contributed by atoms with Gasteiger partial charge >= 0.3 is 0 Å². The van der Waals surface area contributed by atoms with Crippen molar-refractivity contribution in [3.8, 4) is 0 Å². The molecular formula is C12H14ClFN2OS. The summed E-state index contributed by atoms with van der Waals surface area (Å²) in [6.45, 7) is 1.82. The van der Waals surface area contributed by atoms with Gasteiger partial charge in [0.15, 0.2) is 0 Å². The van der Waals surface area contributed by atoms with Crippen LogP contribution in [0.5, 0.6) is 0 Å². The second-order valence-electron chi connectivity index (χ2n) is 4.06. The number of nitrogens with zero attached hydrogens (tertiary/aromatic N) is 1. The third kappa shape index (κ3) is 3.65. The second-order valence-corrected chi connectivity index (χ2v) is 5.00. The van der Waals surface area contributed by atoms with Gasteiger partial charge in [-0.15, -0.1) is 0 Å². The molecule has 0 heterocycles. The number of carbonyl (C=O) groups excluding carboxylic acids is 1. The Balaban J connectivity index is 2.86. The molecule has 0 saturated heterocycles. The van der Waals surface area contributed by atoms with Crippen molar-refractivity contribution in [1.82, 2.24) is 4.90 Å². The predicted molar refractivity (Wildman–Crippen MR) is 74.4 cm³/mol. The van der Waals surface area contributed by atoms with Gasteiger partial charge in [0.1, 0.15) is 5.82 Å². The molecular weight excluding hydrogens is 275 g/mol. The minimum absolute atomic E-state index is 0.00890. The molecule has 1 atom stereocenters. The summed E-state index contributed by atoms with van der Waals surface area (Å²) in [6.07, 6.45) is 0.424. The summed E-state index contributed by atoms with van der Waals surface area (Å²) in [6, 6.07) is 3.82. The van der Waals surface area contributed by atoms with Crippen LogP contribution < -0.4 is 5.73 Å². The first-order valence-corrected chi connectivity index (χ1v) is 6.12. The van der Waals surface area contributed by atoms with Crippen molar-refractivity contribution in [3.63, 3.8) is 0 Å². The molecule has 0 aromatic heterocycles. The number of halogens is 2. The van der Waals surface area contributed by atoms with Crippen molar-refractivity contribution in [2.75, 3.05) is 7.05 Å². The lowest BCUT2D eigenvalue weighted by atomic mass is 10.1. The van der Waals surface area contributed by atoms with Gasteiger partial charge in [-0.1, -0.05) is 23.8 Å². The van der Waals surface area contributed by atoms with Gasteiger partial charge in [0, 0.05) is 25.1 Å². The fourth-order valence-electron chi connectivity index (χ4n) is 1.46. The molecule has 0 aliphatic heterocycles. The van der Waals surface area contributed by atoms with E-state index in [1.165, 1.54) is 17.0 Å². The van der Waals surface area contributed by atoms with Gasteiger partial charge in [0.2, 0.25) is 0 Å². The molecule has 0 bridgehead atoms. The average Bonchev–Trinajstić information content (AvgIpc) is 2.30. The van der Waals surface area contributed by atoms with Crippen LogP contribution in [0.1, 0.15) is 23.7 Å². The summed E-state index contributed by atoms with van der Waals surface area (Å²) in [7, 11) is 1.62. The molecule has 98 valence electrons. The van der Waals surface area contributed by atoms with Gasteiger partial charge in [-0.05, 0) is 25.1 Å². The Labute approximate surface area is 116 Å². The van der Waals surface area contributed by atoms with E-state index in [2.05, 4.69) is 0 Å². The number of hydrogen-bond acceptors (Lipinski definition) is 2. The topological polar surface area (TPSA) is 46.3 Å². The summed E-state index contributed by atoms with van der Waals surface area (Å²) in [4.78, 5) is 13.9. The Kier molecular flexibility index (Phi) is 5.04. The Hall–Kier alpha value is -1.20. The van der Waals surface area contributed by atoms with Crippen molar-refractivity contribution in [1.29, 1.82) is 0 Å². The van der Waals surface area contributed by atoms with Crippen LogP contribution in [0.3, 0.4) is 0 Å². The maximum atomic E-state index is 13.3. The predicted octanol–water partition coefficient (Wildman–Crippen LogP) is 2.62. The van der Waals surface area contributed by atoms with Gasteiger partial charge in [-0.3, -0.25) is 4.79 Å². The van der Waals surface area contributed by atoms with E-state index in [9.17, 15) is 9.18 Å². The van der Waals surface area contributed by atoms with Gasteiger partial charge < -0.3 is 10.6 Å². The van der Waals surface area contributed by atoms with Crippen molar-refractivity contribution < 1.29 is 9.18 Å². The molecule has 0 aliphatic carbocycles. The highest BCUT2D eigenvalue weighted by Crippen LogP contribution is 2.17. The van der Waals surface area contributed by atoms with Crippen LogP contribution in [0.25, 0.3) is 0 Å². The van der Waals surface area contributed by atoms with Crippen molar-refractivity contribution in [3.05, 3.63) is 34.6 Å². The molecule has 0 radical (unpaired) electrons. The molecule has 0 spiro atoms. The highest BCUT2D eigenvalue weighted by atomic mass is 35.5. The fourth-order valence-corrected chi connectivity index (χ4v) is 1.82. The smallest absolute Gasteiger partial charge is 0.253 e. The third-order valence-corrected chi connectivity index (χ3v) is 3.12. The number of thiocarbonyl (C=S) groups is 1. The van der Waals surface area contributed by atoms with Gasteiger partial charge in [-0.2, -0.15) is 0 Å². The maximum Gasteiger partial charge on any atom is 0.253 e. The summed E-state index contributed by atoms with van der Waals surface area (Å²) >= 11 is 10.4. The monoisotopic (exact) mass is 288 g/mol. The van der Waals surface area contributed by atoms with E-state index < -0.39 is 5.82 Å². The Morgan fingerprint density at radius 3 is 2.72 bits per heavy atom. The number of hydrogen-bond donors (Lipinski definition) is 1. The minimum atomic E-state index is -0.613. The summed E-state index contributed by atoms with van der Waals surface area (Å²) in [5.74, 6) is -0.910. The second kappa shape index (κ2) is 6.11. The van der Waals surface area contributed by atoms with Crippen LogP contribution in [-0.4, -0.2) is 28.9 Å². The fraction of sp³-hybridized carbons (Fsp3) is 0.333. The van der Waals surface area contributed by atoms with Crippen LogP contribution in [-0.2, 0) is 0 Å². The van der Waals surface area contributed by atoms with Gasteiger partial charge in [0.05, 0.1) is 10.0 Å². The quantitative estimate of drug-likeness (QED) is 0.867. The Morgan fingerprint density at radius 2 is 2.22 bits per heavy atom. The first kappa shape index (κ1) is 14.9. The molecule has 3 nitrogen and oxygen atoms in total. The average molecular weight is 289 g/mol. The number of rotatable bonds is 4. The molecule has 6 heteroatoms. The lowest BCUT2D eigenvalue weighted by Gasteiger charge is -2.24. The van der Waals surface area contributed by atoms with Crippen LogP contribution in [0.4, 0.5) is 4.39 Å². The zero-order valence-electron chi connectivity index (χ0n) is 10.1.